The molecule has 21 heavy (non-hydrogen) atoms. The first-order chi connectivity index (χ1) is 10.0. The van der Waals surface area contributed by atoms with Crippen LogP contribution in [0.1, 0.15) is 22.3 Å². The maximum absolute atomic E-state index is 4.80. The number of benzene rings is 4. The first-order valence-corrected chi connectivity index (χ1v) is 7.83. The Hall–Kier alpha value is -1.73. The first-order valence-electron chi connectivity index (χ1n) is 7.38. The van der Waals surface area contributed by atoms with Crippen molar-refractivity contribution in [3.63, 3.8) is 0 Å². The molecule has 0 aliphatic carbocycles. The Morgan fingerprint density at radius 3 is 2.10 bits per heavy atom. The van der Waals surface area contributed by atoms with Crippen LogP contribution in [-0.4, -0.2) is 0 Å². The molecule has 0 amide bonds. The molecular formula is C20H18S. The highest BCUT2D eigenvalue weighted by atomic mass is 32.1. The molecule has 0 fully saturated rings. The molecule has 4 aromatic carbocycles. The van der Waals surface area contributed by atoms with E-state index in [1.807, 2.05) is 0 Å². The summed E-state index contributed by atoms with van der Waals surface area (Å²) in [6, 6.07) is 11.1. The molecule has 1 heteroatoms. The molecule has 0 saturated heterocycles. The van der Waals surface area contributed by atoms with Crippen molar-refractivity contribution in [3.8, 4) is 0 Å². The number of thiol groups is 1. The van der Waals surface area contributed by atoms with E-state index in [0.717, 1.165) is 4.90 Å². The fourth-order valence-electron chi connectivity index (χ4n) is 3.76. The summed E-state index contributed by atoms with van der Waals surface area (Å²) in [6.45, 7) is 8.91. The summed E-state index contributed by atoms with van der Waals surface area (Å²) in [5.74, 6) is 0. The molecule has 0 bridgehead atoms. The molecule has 0 aliphatic heterocycles. The summed E-state index contributed by atoms with van der Waals surface area (Å²) in [6.07, 6.45) is 0. The van der Waals surface area contributed by atoms with Crippen molar-refractivity contribution in [2.24, 2.45) is 0 Å². The van der Waals surface area contributed by atoms with E-state index < -0.39 is 0 Å². The standard InChI is InChI=1S/C20H18S/c1-10-11(2)17-12(3)13(4)20(21)16-9-8-14-6-5-7-15(10)18(14)19(16)17/h5-9,21H,1-4H3. The molecule has 0 atom stereocenters. The Kier molecular flexibility index (Phi) is 2.56. The number of hydrogen-bond acceptors (Lipinski definition) is 1. The fourth-order valence-corrected chi connectivity index (χ4v) is 4.12. The number of hydrogen-bond donors (Lipinski definition) is 1. The summed E-state index contributed by atoms with van der Waals surface area (Å²) >= 11 is 4.80. The topological polar surface area (TPSA) is 0 Å². The normalized spacial score (nSPS) is 12.0. The van der Waals surface area contributed by atoms with Crippen molar-refractivity contribution in [2.75, 3.05) is 0 Å². The van der Waals surface area contributed by atoms with Crippen LogP contribution in [0.15, 0.2) is 35.2 Å². The predicted molar refractivity (Wildman–Crippen MR) is 96.3 cm³/mol. The highest BCUT2D eigenvalue weighted by Gasteiger charge is 2.18. The van der Waals surface area contributed by atoms with Crippen molar-refractivity contribution in [1.82, 2.24) is 0 Å². The summed E-state index contributed by atoms with van der Waals surface area (Å²) in [5.41, 5.74) is 5.47. The molecule has 0 radical (unpaired) electrons. The Balaban J connectivity index is 2.53. The molecule has 0 N–H and O–H groups in total. The lowest BCUT2D eigenvalue weighted by Gasteiger charge is -2.20. The van der Waals surface area contributed by atoms with Crippen LogP contribution in [0.2, 0.25) is 0 Å². The van der Waals surface area contributed by atoms with Crippen molar-refractivity contribution < 1.29 is 0 Å². The van der Waals surface area contributed by atoms with E-state index in [2.05, 4.69) is 58.0 Å². The van der Waals surface area contributed by atoms with Gasteiger partial charge in [0.15, 0.2) is 0 Å². The van der Waals surface area contributed by atoms with E-state index in [1.54, 1.807) is 0 Å². The maximum atomic E-state index is 4.80. The van der Waals surface area contributed by atoms with E-state index in [1.165, 1.54) is 54.6 Å². The lowest BCUT2D eigenvalue weighted by atomic mass is 9.85. The van der Waals surface area contributed by atoms with Gasteiger partial charge in [0.1, 0.15) is 0 Å². The molecule has 0 spiro atoms. The highest BCUT2D eigenvalue weighted by molar-refractivity contribution is 7.80. The van der Waals surface area contributed by atoms with Crippen LogP contribution >= 0.6 is 12.6 Å². The third-order valence-corrected chi connectivity index (χ3v) is 5.76. The van der Waals surface area contributed by atoms with E-state index in [-0.39, 0.29) is 0 Å². The molecule has 4 rings (SSSR count). The van der Waals surface area contributed by atoms with E-state index >= 15 is 0 Å². The summed E-state index contributed by atoms with van der Waals surface area (Å²) < 4.78 is 0. The Labute approximate surface area is 130 Å². The Morgan fingerprint density at radius 2 is 1.33 bits per heavy atom. The number of rotatable bonds is 0. The number of aryl methyl sites for hydroxylation is 3. The van der Waals surface area contributed by atoms with Gasteiger partial charge in [0, 0.05) is 4.90 Å². The van der Waals surface area contributed by atoms with Crippen molar-refractivity contribution in [3.05, 3.63) is 52.6 Å². The van der Waals surface area contributed by atoms with Crippen LogP contribution in [0, 0.1) is 27.7 Å². The zero-order chi connectivity index (χ0) is 14.9. The van der Waals surface area contributed by atoms with Gasteiger partial charge in [0.2, 0.25) is 0 Å². The maximum Gasteiger partial charge on any atom is 0.0151 e. The predicted octanol–water partition coefficient (Wildman–Crippen LogP) is 6.11. The molecule has 0 unspecified atom stereocenters. The smallest absolute Gasteiger partial charge is 0.0151 e. The van der Waals surface area contributed by atoms with Gasteiger partial charge in [0.05, 0.1) is 0 Å². The van der Waals surface area contributed by atoms with E-state index in [4.69, 9.17) is 12.6 Å². The van der Waals surface area contributed by atoms with E-state index in [9.17, 15) is 0 Å². The third kappa shape index (κ3) is 1.47. The minimum absolute atomic E-state index is 1.12. The minimum Gasteiger partial charge on any atom is -0.143 e. The molecule has 4 aromatic rings. The average Bonchev–Trinajstić information content (AvgIpc) is 2.50. The zero-order valence-corrected chi connectivity index (χ0v) is 13.7. The zero-order valence-electron chi connectivity index (χ0n) is 12.8. The van der Waals surface area contributed by atoms with Crippen LogP contribution in [0.3, 0.4) is 0 Å². The van der Waals surface area contributed by atoms with Crippen LogP contribution in [0.25, 0.3) is 32.3 Å². The molecule has 104 valence electrons. The lowest BCUT2D eigenvalue weighted by Crippen LogP contribution is -1.96. The van der Waals surface area contributed by atoms with Crippen molar-refractivity contribution in [2.45, 2.75) is 32.6 Å². The van der Waals surface area contributed by atoms with Crippen LogP contribution in [-0.2, 0) is 0 Å². The molecule has 0 aliphatic rings. The third-order valence-electron chi connectivity index (χ3n) is 5.18. The van der Waals surface area contributed by atoms with Gasteiger partial charge >= 0.3 is 0 Å². The SMILES string of the molecule is Cc1c(S)c2ccc3cccc4c(C)c(C)c(c1C)c2c34. The largest absolute Gasteiger partial charge is 0.143 e. The fraction of sp³-hybridized carbons (Fsp3) is 0.200. The lowest BCUT2D eigenvalue weighted by molar-refractivity contribution is 1.28. The van der Waals surface area contributed by atoms with Gasteiger partial charge in [-0.1, -0.05) is 30.3 Å². The van der Waals surface area contributed by atoms with E-state index in [0.29, 0.717) is 0 Å². The molecule has 0 heterocycles. The van der Waals surface area contributed by atoms with Crippen LogP contribution in [0.4, 0.5) is 0 Å². The van der Waals surface area contributed by atoms with Crippen LogP contribution < -0.4 is 0 Å². The minimum atomic E-state index is 1.12. The average molecular weight is 290 g/mol. The Bertz CT molecular complexity index is 1020. The van der Waals surface area contributed by atoms with Crippen molar-refractivity contribution >= 4 is 44.9 Å². The quantitative estimate of drug-likeness (QED) is 0.293. The molecule has 0 aromatic heterocycles. The molecule has 0 nitrogen and oxygen atoms in total. The second kappa shape index (κ2) is 4.14. The van der Waals surface area contributed by atoms with Gasteiger partial charge in [-0.15, -0.1) is 12.6 Å². The van der Waals surface area contributed by atoms with Gasteiger partial charge in [-0.25, -0.2) is 0 Å². The van der Waals surface area contributed by atoms with Gasteiger partial charge in [-0.3, -0.25) is 0 Å². The second-order valence-corrected chi connectivity index (χ2v) is 6.56. The van der Waals surface area contributed by atoms with Gasteiger partial charge in [0.25, 0.3) is 0 Å². The van der Waals surface area contributed by atoms with Gasteiger partial charge in [-0.05, 0) is 82.3 Å². The summed E-state index contributed by atoms with van der Waals surface area (Å²) in [4.78, 5) is 1.12. The highest BCUT2D eigenvalue weighted by Crippen LogP contribution is 2.43. The monoisotopic (exact) mass is 290 g/mol. The molecule has 0 saturated carbocycles. The first kappa shape index (κ1) is 13.0. The van der Waals surface area contributed by atoms with Gasteiger partial charge in [-0.2, -0.15) is 0 Å². The second-order valence-electron chi connectivity index (χ2n) is 6.12. The molecular weight excluding hydrogens is 272 g/mol. The Morgan fingerprint density at radius 1 is 0.619 bits per heavy atom. The van der Waals surface area contributed by atoms with Crippen LogP contribution in [0.5, 0.6) is 0 Å². The summed E-state index contributed by atoms with van der Waals surface area (Å²) in [7, 11) is 0. The van der Waals surface area contributed by atoms with Crippen molar-refractivity contribution in [1.29, 1.82) is 0 Å². The summed E-state index contributed by atoms with van der Waals surface area (Å²) in [5, 5.41) is 8.18. The van der Waals surface area contributed by atoms with Gasteiger partial charge < -0.3 is 0 Å².